The lowest BCUT2D eigenvalue weighted by atomic mass is 10.1. The summed E-state index contributed by atoms with van der Waals surface area (Å²) in [5.41, 5.74) is 0.861. The first-order valence-corrected chi connectivity index (χ1v) is 8.39. The van der Waals surface area contributed by atoms with Crippen molar-refractivity contribution in [3.8, 4) is 0 Å². The van der Waals surface area contributed by atoms with Crippen LogP contribution >= 0.6 is 0 Å². The summed E-state index contributed by atoms with van der Waals surface area (Å²) in [5, 5.41) is 0. The van der Waals surface area contributed by atoms with Gasteiger partial charge in [-0.2, -0.15) is 13.2 Å². The number of alkyl halides is 3. The molecule has 0 unspecified atom stereocenters. The molecule has 7 heteroatoms. The molecule has 0 saturated heterocycles. The summed E-state index contributed by atoms with van der Waals surface area (Å²) >= 11 is 0. The molecule has 0 aromatic heterocycles. The summed E-state index contributed by atoms with van der Waals surface area (Å²) in [4.78, 5) is 0.163. The second kappa shape index (κ2) is 6.72. The molecule has 0 aliphatic carbocycles. The lowest BCUT2D eigenvalue weighted by molar-refractivity contribution is -0.137. The number of hydrogen-bond donors (Lipinski definition) is 1. The monoisotopic (exact) mass is 343 g/mol. The van der Waals surface area contributed by atoms with Crippen LogP contribution in [-0.4, -0.2) is 15.0 Å². The molecule has 0 aliphatic rings. The van der Waals surface area contributed by atoms with Crippen molar-refractivity contribution in [3.63, 3.8) is 0 Å². The van der Waals surface area contributed by atoms with Gasteiger partial charge in [-0.3, -0.25) is 0 Å². The summed E-state index contributed by atoms with van der Waals surface area (Å²) in [6.45, 7) is 1.97. The zero-order valence-electron chi connectivity index (χ0n) is 12.4. The van der Waals surface area contributed by atoms with E-state index in [1.54, 1.807) is 12.1 Å². The van der Waals surface area contributed by atoms with Crippen molar-refractivity contribution in [1.29, 1.82) is 0 Å². The topological polar surface area (TPSA) is 46.2 Å². The van der Waals surface area contributed by atoms with Crippen LogP contribution in [0.4, 0.5) is 13.2 Å². The van der Waals surface area contributed by atoms with Crippen molar-refractivity contribution in [1.82, 2.24) is 4.72 Å². The van der Waals surface area contributed by atoms with Crippen LogP contribution in [0, 0.1) is 6.92 Å². The zero-order valence-corrected chi connectivity index (χ0v) is 13.2. The molecule has 2 rings (SSSR count). The van der Waals surface area contributed by atoms with Gasteiger partial charge in [0, 0.05) is 6.54 Å². The third-order valence-corrected chi connectivity index (χ3v) is 4.80. The van der Waals surface area contributed by atoms with Gasteiger partial charge in [0.1, 0.15) is 0 Å². The number of hydrogen-bond acceptors (Lipinski definition) is 2. The molecule has 0 atom stereocenters. The van der Waals surface area contributed by atoms with Gasteiger partial charge in [0.05, 0.1) is 10.5 Å². The highest BCUT2D eigenvalue weighted by molar-refractivity contribution is 7.89. The van der Waals surface area contributed by atoms with Gasteiger partial charge in [-0.1, -0.05) is 29.8 Å². The normalized spacial score (nSPS) is 12.3. The Morgan fingerprint density at radius 2 is 1.52 bits per heavy atom. The van der Waals surface area contributed by atoms with Crippen molar-refractivity contribution >= 4 is 10.0 Å². The van der Waals surface area contributed by atoms with E-state index in [1.165, 1.54) is 24.3 Å². The van der Waals surface area contributed by atoms with Crippen molar-refractivity contribution in [2.75, 3.05) is 6.54 Å². The lowest BCUT2D eigenvalue weighted by Gasteiger charge is -2.09. The number of aryl methyl sites for hydroxylation is 1. The zero-order chi connectivity index (χ0) is 17.1. The minimum atomic E-state index is -4.37. The lowest BCUT2D eigenvalue weighted by Crippen LogP contribution is -2.26. The molecule has 0 saturated carbocycles. The molecule has 0 aliphatic heterocycles. The van der Waals surface area contributed by atoms with Crippen LogP contribution in [0.1, 0.15) is 16.7 Å². The molecule has 0 bridgehead atoms. The Morgan fingerprint density at radius 3 is 2.04 bits per heavy atom. The van der Waals surface area contributed by atoms with E-state index in [2.05, 4.69) is 4.72 Å². The SMILES string of the molecule is Cc1ccc(S(=O)(=O)NCCc2ccc(C(F)(F)F)cc2)cc1. The van der Waals surface area contributed by atoms with Gasteiger partial charge in [0.15, 0.2) is 0 Å². The molecule has 2 aromatic carbocycles. The molecule has 124 valence electrons. The molecular formula is C16H16F3NO2S. The Morgan fingerprint density at radius 1 is 0.957 bits per heavy atom. The smallest absolute Gasteiger partial charge is 0.211 e. The van der Waals surface area contributed by atoms with Crippen molar-refractivity contribution in [3.05, 3.63) is 65.2 Å². The van der Waals surface area contributed by atoms with E-state index in [0.717, 1.165) is 17.7 Å². The Hall–Kier alpha value is -1.86. The summed E-state index contributed by atoms with van der Waals surface area (Å²) < 4.78 is 63.9. The fourth-order valence-electron chi connectivity index (χ4n) is 1.99. The molecule has 0 fully saturated rings. The van der Waals surface area contributed by atoms with Crippen molar-refractivity contribution < 1.29 is 21.6 Å². The average molecular weight is 343 g/mol. The fourth-order valence-corrected chi connectivity index (χ4v) is 3.02. The van der Waals surface area contributed by atoms with Gasteiger partial charge in [-0.25, -0.2) is 13.1 Å². The van der Waals surface area contributed by atoms with Gasteiger partial charge in [-0.15, -0.1) is 0 Å². The van der Waals surface area contributed by atoms with Crippen LogP contribution in [0.3, 0.4) is 0 Å². The van der Waals surface area contributed by atoms with E-state index in [0.29, 0.717) is 12.0 Å². The number of halogens is 3. The Kier molecular flexibility index (Phi) is 5.11. The molecule has 0 amide bonds. The highest BCUT2D eigenvalue weighted by Gasteiger charge is 2.29. The first kappa shape index (κ1) is 17.5. The average Bonchev–Trinajstić information content (AvgIpc) is 2.47. The molecule has 23 heavy (non-hydrogen) atoms. The fraction of sp³-hybridized carbons (Fsp3) is 0.250. The highest BCUT2D eigenvalue weighted by Crippen LogP contribution is 2.29. The first-order valence-electron chi connectivity index (χ1n) is 6.91. The largest absolute Gasteiger partial charge is 0.416 e. The van der Waals surface area contributed by atoms with E-state index in [1.807, 2.05) is 6.92 Å². The van der Waals surface area contributed by atoms with Crippen LogP contribution in [0.5, 0.6) is 0 Å². The summed E-state index contributed by atoms with van der Waals surface area (Å²) in [6.07, 6.45) is -4.06. The molecule has 0 radical (unpaired) electrons. The maximum Gasteiger partial charge on any atom is 0.416 e. The van der Waals surface area contributed by atoms with Crippen LogP contribution < -0.4 is 4.72 Å². The van der Waals surface area contributed by atoms with Crippen LogP contribution in [0.15, 0.2) is 53.4 Å². The predicted octanol–water partition coefficient (Wildman–Crippen LogP) is 3.53. The second-order valence-corrected chi connectivity index (χ2v) is 6.92. The quantitative estimate of drug-likeness (QED) is 0.903. The van der Waals surface area contributed by atoms with Gasteiger partial charge in [-0.05, 0) is 43.2 Å². The molecule has 2 aromatic rings. The number of rotatable bonds is 5. The molecule has 1 N–H and O–H groups in total. The summed E-state index contributed by atoms with van der Waals surface area (Å²) in [7, 11) is -3.61. The summed E-state index contributed by atoms with van der Waals surface area (Å²) in [5.74, 6) is 0. The molecular weight excluding hydrogens is 327 g/mol. The summed E-state index contributed by atoms with van der Waals surface area (Å²) in [6, 6.07) is 11.1. The Bertz CT molecular complexity index is 751. The van der Waals surface area contributed by atoms with E-state index in [-0.39, 0.29) is 11.4 Å². The molecule has 0 heterocycles. The third kappa shape index (κ3) is 4.80. The van der Waals surface area contributed by atoms with Crippen molar-refractivity contribution in [2.45, 2.75) is 24.4 Å². The third-order valence-electron chi connectivity index (χ3n) is 3.32. The minimum Gasteiger partial charge on any atom is -0.211 e. The van der Waals surface area contributed by atoms with Gasteiger partial charge < -0.3 is 0 Å². The number of sulfonamides is 1. The standard InChI is InChI=1S/C16H16F3NO2S/c1-12-2-8-15(9-3-12)23(21,22)20-11-10-13-4-6-14(7-5-13)16(17,18)19/h2-9,20H,10-11H2,1H3. The van der Waals surface area contributed by atoms with Gasteiger partial charge >= 0.3 is 6.18 Å². The molecule has 0 spiro atoms. The number of nitrogens with one attached hydrogen (secondary N) is 1. The van der Waals surface area contributed by atoms with Gasteiger partial charge in [0.25, 0.3) is 0 Å². The predicted molar refractivity (Wildman–Crippen MR) is 81.5 cm³/mol. The molecule has 3 nitrogen and oxygen atoms in total. The minimum absolute atomic E-state index is 0.113. The Labute approximate surface area is 133 Å². The van der Waals surface area contributed by atoms with Crippen LogP contribution in [-0.2, 0) is 22.6 Å². The Balaban J connectivity index is 1.95. The van der Waals surface area contributed by atoms with E-state index in [9.17, 15) is 21.6 Å². The van der Waals surface area contributed by atoms with E-state index < -0.39 is 21.8 Å². The maximum atomic E-state index is 12.5. The van der Waals surface area contributed by atoms with Crippen LogP contribution in [0.2, 0.25) is 0 Å². The first-order chi connectivity index (χ1) is 10.7. The number of benzene rings is 2. The van der Waals surface area contributed by atoms with Gasteiger partial charge in [0.2, 0.25) is 10.0 Å². The second-order valence-electron chi connectivity index (χ2n) is 5.16. The maximum absolute atomic E-state index is 12.5. The van der Waals surface area contributed by atoms with Crippen molar-refractivity contribution in [2.24, 2.45) is 0 Å². The van der Waals surface area contributed by atoms with Crippen LogP contribution in [0.25, 0.3) is 0 Å². The highest BCUT2D eigenvalue weighted by atomic mass is 32.2. The van der Waals surface area contributed by atoms with E-state index >= 15 is 0 Å². The van der Waals surface area contributed by atoms with E-state index in [4.69, 9.17) is 0 Å².